The van der Waals surface area contributed by atoms with Gasteiger partial charge in [0.25, 0.3) is 0 Å². The highest BCUT2D eigenvalue weighted by molar-refractivity contribution is 7.10. The third-order valence-corrected chi connectivity index (χ3v) is 5.63. The Morgan fingerprint density at radius 3 is 2.61 bits per heavy atom. The summed E-state index contributed by atoms with van der Waals surface area (Å²) in [5, 5.41) is 7.44. The predicted octanol–water partition coefficient (Wildman–Crippen LogP) is 1.56. The standard InChI is InChI=1S/C20H25N3O4S/c1-26-17-6-3-2-5-15(17)13-21-19(24)20(25)22-14-16(18-7-4-12-28-18)23-8-10-27-11-9-23/h2-7,12,16H,8-11,13-14H2,1H3,(H,21,24)(H,22,25)/t16-/m0/s1. The first-order chi connectivity index (χ1) is 13.7. The smallest absolute Gasteiger partial charge is 0.309 e. The van der Waals surface area contributed by atoms with Crippen LogP contribution in [-0.2, 0) is 20.9 Å². The zero-order chi connectivity index (χ0) is 19.8. The van der Waals surface area contributed by atoms with Crippen LogP contribution in [0.4, 0.5) is 0 Å². The molecule has 1 saturated heterocycles. The average Bonchev–Trinajstić information content (AvgIpc) is 3.27. The van der Waals surface area contributed by atoms with E-state index in [0.717, 1.165) is 23.5 Å². The Bertz CT molecular complexity index is 776. The Kier molecular flexibility index (Phi) is 7.41. The fourth-order valence-electron chi connectivity index (χ4n) is 3.15. The number of amides is 2. The highest BCUT2D eigenvalue weighted by Crippen LogP contribution is 2.25. The Labute approximate surface area is 168 Å². The summed E-state index contributed by atoms with van der Waals surface area (Å²) < 4.78 is 10.7. The lowest BCUT2D eigenvalue weighted by molar-refractivity contribution is -0.139. The molecule has 1 fully saturated rings. The third-order valence-electron chi connectivity index (χ3n) is 4.65. The van der Waals surface area contributed by atoms with Gasteiger partial charge in [-0.1, -0.05) is 24.3 Å². The van der Waals surface area contributed by atoms with Crippen LogP contribution in [0, 0.1) is 0 Å². The number of para-hydroxylation sites is 1. The quantitative estimate of drug-likeness (QED) is 0.686. The fourth-order valence-corrected chi connectivity index (χ4v) is 4.01. The molecule has 0 spiro atoms. The monoisotopic (exact) mass is 403 g/mol. The van der Waals surface area contributed by atoms with Gasteiger partial charge in [0.15, 0.2) is 0 Å². The Hall–Kier alpha value is -2.42. The van der Waals surface area contributed by atoms with Crippen LogP contribution in [0.3, 0.4) is 0 Å². The van der Waals surface area contributed by atoms with Crippen molar-refractivity contribution in [2.75, 3.05) is 40.0 Å². The second-order valence-electron chi connectivity index (χ2n) is 6.38. The Balaban J connectivity index is 1.54. The maximum atomic E-state index is 12.3. The molecule has 0 bridgehead atoms. The summed E-state index contributed by atoms with van der Waals surface area (Å²) in [4.78, 5) is 27.9. The van der Waals surface area contributed by atoms with Crippen molar-refractivity contribution in [3.8, 4) is 5.75 Å². The molecular weight excluding hydrogens is 378 g/mol. The van der Waals surface area contributed by atoms with Crippen molar-refractivity contribution in [3.63, 3.8) is 0 Å². The van der Waals surface area contributed by atoms with Gasteiger partial charge in [0.05, 0.1) is 26.4 Å². The van der Waals surface area contributed by atoms with Crippen LogP contribution in [-0.4, -0.2) is 56.7 Å². The second kappa shape index (κ2) is 10.2. The number of nitrogens with zero attached hydrogens (tertiary/aromatic N) is 1. The average molecular weight is 404 g/mol. The van der Waals surface area contributed by atoms with Crippen LogP contribution in [0.25, 0.3) is 0 Å². The van der Waals surface area contributed by atoms with E-state index in [9.17, 15) is 9.59 Å². The molecule has 3 rings (SSSR count). The van der Waals surface area contributed by atoms with E-state index in [4.69, 9.17) is 9.47 Å². The van der Waals surface area contributed by atoms with Crippen LogP contribution in [0.5, 0.6) is 5.75 Å². The first kappa shape index (κ1) is 20.3. The fraction of sp³-hybridized carbons (Fsp3) is 0.400. The van der Waals surface area contributed by atoms with Crippen molar-refractivity contribution in [1.29, 1.82) is 0 Å². The number of hydrogen-bond donors (Lipinski definition) is 2. The number of morpholine rings is 1. The number of carbonyl (C=O) groups is 2. The van der Waals surface area contributed by atoms with Gasteiger partial charge in [-0.3, -0.25) is 14.5 Å². The van der Waals surface area contributed by atoms with Crippen LogP contribution in [0.15, 0.2) is 41.8 Å². The van der Waals surface area contributed by atoms with Crippen molar-refractivity contribution in [3.05, 3.63) is 52.2 Å². The minimum atomic E-state index is -0.655. The highest BCUT2D eigenvalue weighted by Gasteiger charge is 2.25. The predicted molar refractivity (Wildman–Crippen MR) is 107 cm³/mol. The number of hydrogen-bond acceptors (Lipinski definition) is 6. The van der Waals surface area contributed by atoms with E-state index in [1.165, 1.54) is 0 Å². The van der Waals surface area contributed by atoms with Crippen molar-refractivity contribution in [1.82, 2.24) is 15.5 Å². The first-order valence-electron chi connectivity index (χ1n) is 9.22. The van der Waals surface area contributed by atoms with Crippen LogP contribution < -0.4 is 15.4 Å². The number of benzene rings is 1. The summed E-state index contributed by atoms with van der Waals surface area (Å²) in [6, 6.07) is 11.5. The summed E-state index contributed by atoms with van der Waals surface area (Å²) in [5.74, 6) is -0.615. The van der Waals surface area contributed by atoms with Gasteiger partial charge < -0.3 is 20.1 Å². The molecule has 0 unspecified atom stereocenters. The lowest BCUT2D eigenvalue weighted by Gasteiger charge is -2.34. The van der Waals surface area contributed by atoms with Gasteiger partial charge in [-0.2, -0.15) is 0 Å². The van der Waals surface area contributed by atoms with Crippen molar-refractivity contribution in [2.24, 2.45) is 0 Å². The lowest BCUT2D eigenvalue weighted by atomic mass is 10.2. The van der Waals surface area contributed by atoms with E-state index in [0.29, 0.717) is 25.5 Å². The van der Waals surface area contributed by atoms with Gasteiger partial charge in [-0.15, -0.1) is 11.3 Å². The zero-order valence-corrected chi connectivity index (χ0v) is 16.7. The molecule has 1 aliphatic heterocycles. The SMILES string of the molecule is COc1ccccc1CNC(=O)C(=O)NC[C@@H](c1cccs1)N1CCOCC1. The molecule has 28 heavy (non-hydrogen) atoms. The van der Waals surface area contributed by atoms with Gasteiger partial charge in [-0.05, 0) is 17.5 Å². The summed E-state index contributed by atoms with van der Waals surface area (Å²) >= 11 is 1.65. The summed E-state index contributed by atoms with van der Waals surface area (Å²) in [6.45, 7) is 3.57. The highest BCUT2D eigenvalue weighted by atomic mass is 32.1. The topological polar surface area (TPSA) is 79.9 Å². The molecular formula is C20H25N3O4S. The molecule has 1 aromatic heterocycles. The van der Waals surface area contributed by atoms with Crippen LogP contribution in [0.1, 0.15) is 16.5 Å². The summed E-state index contributed by atoms with van der Waals surface area (Å²) in [5.41, 5.74) is 0.816. The molecule has 2 amide bonds. The van der Waals surface area contributed by atoms with Gasteiger partial charge in [0, 0.05) is 36.6 Å². The number of thiophene rings is 1. The van der Waals surface area contributed by atoms with E-state index in [1.807, 2.05) is 35.7 Å². The third kappa shape index (κ3) is 5.31. The minimum absolute atomic E-state index is 0.0369. The van der Waals surface area contributed by atoms with E-state index in [-0.39, 0.29) is 12.6 Å². The Morgan fingerprint density at radius 2 is 1.89 bits per heavy atom. The van der Waals surface area contributed by atoms with Crippen molar-refractivity contribution >= 4 is 23.2 Å². The van der Waals surface area contributed by atoms with Crippen LogP contribution in [0.2, 0.25) is 0 Å². The van der Waals surface area contributed by atoms with Gasteiger partial charge >= 0.3 is 11.8 Å². The first-order valence-corrected chi connectivity index (χ1v) is 10.1. The van der Waals surface area contributed by atoms with Gasteiger partial charge in [0.1, 0.15) is 5.75 Å². The largest absolute Gasteiger partial charge is 0.496 e. The summed E-state index contributed by atoms with van der Waals surface area (Å²) in [7, 11) is 1.57. The van der Waals surface area contributed by atoms with E-state index in [2.05, 4.69) is 21.6 Å². The molecule has 0 aliphatic carbocycles. The normalized spacial score (nSPS) is 15.6. The molecule has 8 heteroatoms. The minimum Gasteiger partial charge on any atom is -0.496 e. The van der Waals surface area contributed by atoms with Crippen LogP contribution >= 0.6 is 11.3 Å². The molecule has 7 nitrogen and oxygen atoms in total. The number of ether oxygens (including phenoxy) is 2. The number of carbonyl (C=O) groups excluding carboxylic acids is 2. The van der Waals surface area contributed by atoms with E-state index in [1.54, 1.807) is 18.4 Å². The van der Waals surface area contributed by atoms with Crippen molar-refractivity contribution < 1.29 is 19.1 Å². The zero-order valence-electron chi connectivity index (χ0n) is 15.8. The molecule has 2 N–H and O–H groups in total. The molecule has 2 aromatic rings. The van der Waals surface area contributed by atoms with Crippen molar-refractivity contribution in [2.45, 2.75) is 12.6 Å². The van der Waals surface area contributed by atoms with E-state index < -0.39 is 11.8 Å². The molecule has 0 saturated carbocycles. The number of nitrogens with one attached hydrogen (secondary N) is 2. The maximum Gasteiger partial charge on any atom is 0.309 e. The molecule has 150 valence electrons. The molecule has 0 radical (unpaired) electrons. The second-order valence-corrected chi connectivity index (χ2v) is 7.36. The molecule has 1 aromatic carbocycles. The number of rotatable bonds is 7. The molecule has 1 atom stereocenters. The van der Waals surface area contributed by atoms with Gasteiger partial charge in [0.2, 0.25) is 0 Å². The Morgan fingerprint density at radius 1 is 1.14 bits per heavy atom. The summed E-state index contributed by atoms with van der Waals surface area (Å²) in [6.07, 6.45) is 0. The maximum absolute atomic E-state index is 12.3. The van der Waals surface area contributed by atoms with Gasteiger partial charge in [-0.25, -0.2) is 0 Å². The molecule has 2 heterocycles. The molecule has 1 aliphatic rings. The lowest BCUT2D eigenvalue weighted by Crippen LogP contribution is -2.46. The van der Waals surface area contributed by atoms with E-state index >= 15 is 0 Å². The number of methoxy groups -OCH3 is 1.